The molecule has 1 aromatic carbocycles. The first-order chi connectivity index (χ1) is 10.6. The SMILES string of the molecule is CC(C)(C)OC(=O)NCCC=Cc1c(F)cc(C(=O)O)cc1F. The van der Waals surface area contributed by atoms with Crippen LogP contribution in [0.15, 0.2) is 18.2 Å². The van der Waals surface area contributed by atoms with Crippen molar-refractivity contribution in [3.05, 3.63) is 41.0 Å². The molecule has 0 radical (unpaired) electrons. The Morgan fingerprint density at radius 3 is 2.30 bits per heavy atom. The van der Waals surface area contributed by atoms with Crippen LogP contribution in [-0.4, -0.2) is 29.3 Å². The molecule has 0 atom stereocenters. The van der Waals surface area contributed by atoms with Gasteiger partial charge in [-0.2, -0.15) is 0 Å². The number of rotatable bonds is 5. The number of carboxylic acid groups (broad SMARTS) is 1. The van der Waals surface area contributed by atoms with Gasteiger partial charge < -0.3 is 15.2 Å². The first-order valence-corrected chi connectivity index (χ1v) is 6.96. The zero-order valence-corrected chi connectivity index (χ0v) is 13.2. The molecule has 5 nitrogen and oxygen atoms in total. The predicted molar refractivity (Wildman–Crippen MR) is 81.2 cm³/mol. The second-order valence-corrected chi connectivity index (χ2v) is 5.78. The van der Waals surface area contributed by atoms with Crippen LogP contribution >= 0.6 is 0 Å². The van der Waals surface area contributed by atoms with E-state index < -0.39 is 34.9 Å². The maximum atomic E-state index is 13.7. The molecule has 2 N–H and O–H groups in total. The number of ether oxygens (including phenoxy) is 1. The first-order valence-electron chi connectivity index (χ1n) is 6.96. The van der Waals surface area contributed by atoms with Crippen LogP contribution in [-0.2, 0) is 4.74 Å². The summed E-state index contributed by atoms with van der Waals surface area (Å²) >= 11 is 0. The number of halogens is 2. The Labute approximate surface area is 133 Å². The summed E-state index contributed by atoms with van der Waals surface area (Å²) in [5.41, 5.74) is -1.38. The van der Waals surface area contributed by atoms with Crippen molar-refractivity contribution in [2.24, 2.45) is 0 Å². The van der Waals surface area contributed by atoms with Crippen LogP contribution in [0.5, 0.6) is 0 Å². The molecule has 1 aromatic rings. The molecular formula is C16H19F2NO4. The van der Waals surface area contributed by atoms with Crippen molar-refractivity contribution in [3.63, 3.8) is 0 Å². The fourth-order valence-corrected chi connectivity index (χ4v) is 1.64. The van der Waals surface area contributed by atoms with Crippen molar-refractivity contribution >= 4 is 18.1 Å². The molecule has 7 heteroatoms. The number of alkyl carbamates (subject to hydrolysis) is 1. The number of benzene rings is 1. The van der Waals surface area contributed by atoms with E-state index in [1.54, 1.807) is 20.8 Å². The molecule has 0 heterocycles. The Morgan fingerprint density at radius 2 is 1.83 bits per heavy atom. The lowest BCUT2D eigenvalue weighted by Gasteiger charge is -2.19. The average Bonchev–Trinajstić information content (AvgIpc) is 2.38. The summed E-state index contributed by atoms with van der Waals surface area (Å²) in [5, 5.41) is 11.2. The minimum Gasteiger partial charge on any atom is -0.478 e. The average molecular weight is 327 g/mol. The van der Waals surface area contributed by atoms with Crippen molar-refractivity contribution < 1.29 is 28.2 Å². The van der Waals surface area contributed by atoms with E-state index in [1.165, 1.54) is 12.2 Å². The maximum Gasteiger partial charge on any atom is 0.407 e. The number of carbonyl (C=O) groups is 2. The lowest BCUT2D eigenvalue weighted by atomic mass is 10.1. The molecule has 1 amide bonds. The summed E-state index contributed by atoms with van der Waals surface area (Å²) in [7, 11) is 0. The molecule has 0 bridgehead atoms. The van der Waals surface area contributed by atoms with E-state index in [9.17, 15) is 18.4 Å². The topological polar surface area (TPSA) is 75.6 Å². The molecule has 0 aliphatic heterocycles. The number of amides is 1. The molecule has 0 aliphatic rings. The van der Waals surface area contributed by atoms with Gasteiger partial charge in [0, 0.05) is 12.1 Å². The standard InChI is InChI=1S/C16H19F2NO4/c1-16(2,3)23-15(22)19-7-5-4-6-11-12(17)8-10(14(20)21)9-13(11)18/h4,6,8-9H,5,7H2,1-3H3,(H,19,22)(H,20,21). The van der Waals surface area contributed by atoms with E-state index in [0.717, 1.165) is 12.1 Å². The highest BCUT2D eigenvalue weighted by molar-refractivity contribution is 5.88. The highest BCUT2D eigenvalue weighted by Crippen LogP contribution is 2.17. The zero-order chi connectivity index (χ0) is 17.6. The number of carboxylic acids is 1. The number of hydrogen-bond donors (Lipinski definition) is 2. The van der Waals surface area contributed by atoms with Crippen LogP contribution < -0.4 is 5.32 Å². The third-order valence-corrected chi connectivity index (χ3v) is 2.59. The third-order valence-electron chi connectivity index (χ3n) is 2.59. The van der Waals surface area contributed by atoms with Gasteiger partial charge in [-0.3, -0.25) is 0 Å². The number of carbonyl (C=O) groups excluding carboxylic acids is 1. The molecule has 1 rings (SSSR count). The molecular weight excluding hydrogens is 308 g/mol. The van der Waals surface area contributed by atoms with E-state index >= 15 is 0 Å². The van der Waals surface area contributed by atoms with E-state index in [0.29, 0.717) is 6.42 Å². The van der Waals surface area contributed by atoms with Crippen LogP contribution in [0.4, 0.5) is 13.6 Å². The van der Waals surface area contributed by atoms with Gasteiger partial charge in [0.15, 0.2) is 0 Å². The third kappa shape index (κ3) is 6.46. The van der Waals surface area contributed by atoms with Gasteiger partial charge in [0.25, 0.3) is 0 Å². The lowest BCUT2D eigenvalue weighted by Crippen LogP contribution is -2.32. The quantitative estimate of drug-likeness (QED) is 0.810. The molecule has 0 saturated heterocycles. The number of hydrogen-bond acceptors (Lipinski definition) is 3. The fourth-order valence-electron chi connectivity index (χ4n) is 1.64. The second kappa shape index (κ2) is 7.71. The highest BCUT2D eigenvalue weighted by Gasteiger charge is 2.15. The van der Waals surface area contributed by atoms with Crippen LogP contribution in [0.1, 0.15) is 43.1 Å². The summed E-state index contributed by atoms with van der Waals surface area (Å²) in [6, 6.07) is 1.51. The van der Waals surface area contributed by atoms with E-state index in [-0.39, 0.29) is 12.1 Å². The van der Waals surface area contributed by atoms with Crippen LogP contribution in [0.3, 0.4) is 0 Å². The van der Waals surface area contributed by atoms with Gasteiger partial charge in [0.2, 0.25) is 0 Å². The maximum absolute atomic E-state index is 13.7. The molecule has 0 spiro atoms. The Kier molecular flexibility index (Phi) is 6.24. The normalized spacial score (nSPS) is 11.5. The van der Waals surface area contributed by atoms with E-state index in [4.69, 9.17) is 9.84 Å². The summed E-state index contributed by atoms with van der Waals surface area (Å²) in [4.78, 5) is 22.0. The van der Waals surface area contributed by atoms with Gasteiger partial charge in [-0.15, -0.1) is 0 Å². The Bertz CT molecular complexity index is 598. The van der Waals surface area contributed by atoms with Crippen molar-refractivity contribution in [2.45, 2.75) is 32.8 Å². The Hall–Kier alpha value is -2.44. The van der Waals surface area contributed by atoms with E-state index in [1.807, 2.05) is 0 Å². The minimum absolute atomic E-state index is 0.238. The summed E-state index contributed by atoms with van der Waals surface area (Å²) in [5.74, 6) is -3.32. The summed E-state index contributed by atoms with van der Waals surface area (Å²) in [6.07, 6.45) is 2.43. The van der Waals surface area contributed by atoms with Gasteiger partial charge >= 0.3 is 12.1 Å². The number of nitrogens with one attached hydrogen (secondary N) is 1. The molecule has 23 heavy (non-hydrogen) atoms. The van der Waals surface area contributed by atoms with Crippen molar-refractivity contribution in [1.82, 2.24) is 5.32 Å². The minimum atomic E-state index is -1.40. The summed E-state index contributed by atoms with van der Waals surface area (Å²) in [6.45, 7) is 5.44. The lowest BCUT2D eigenvalue weighted by molar-refractivity contribution is 0.0528. The highest BCUT2D eigenvalue weighted by atomic mass is 19.1. The number of aromatic carboxylic acids is 1. The summed E-state index contributed by atoms with van der Waals surface area (Å²) < 4.78 is 32.3. The van der Waals surface area contributed by atoms with Gasteiger partial charge in [0.1, 0.15) is 17.2 Å². The molecule has 126 valence electrons. The zero-order valence-electron chi connectivity index (χ0n) is 13.2. The van der Waals surface area contributed by atoms with Gasteiger partial charge in [-0.1, -0.05) is 12.2 Å². The second-order valence-electron chi connectivity index (χ2n) is 5.78. The molecule has 0 saturated carbocycles. The monoisotopic (exact) mass is 327 g/mol. The largest absolute Gasteiger partial charge is 0.478 e. The van der Waals surface area contributed by atoms with Crippen LogP contribution in [0, 0.1) is 11.6 Å². The van der Waals surface area contributed by atoms with Gasteiger partial charge in [-0.05, 0) is 39.3 Å². The molecule has 0 aromatic heterocycles. The van der Waals surface area contributed by atoms with Gasteiger partial charge in [0.05, 0.1) is 5.56 Å². The fraction of sp³-hybridized carbons (Fsp3) is 0.375. The van der Waals surface area contributed by atoms with Crippen molar-refractivity contribution in [1.29, 1.82) is 0 Å². The molecule has 0 unspecified atom stereocenters. The first kappa shape index (κ1) is 18.6. The van der Waals surface area contributed by atoms with Crippen molar-refractivity contribution in [3.8, 4) is 0 Å². The molecule has 0 aliphatic carbocycles. The van der Waals surface area contributed by atoms with Crippen LogP contribution in [0.2, 0.25) is 0 Å². The Morgan fingerprint density at radius 1 is 1.26 bits per heavy atom. The van der Waals surface area contributed by atoms with Crippen molar-refractivity contribution in [2.75, 3.05) is 6.54 Å². The Balaban J connectivity index is 2.56. The van der Waals surface area contributed by atoms with E-state index in [2.05, 4.69) is 5.32 Å². The van der Waals surface area contributed by atoms with Gasteiger partial charge in [-0.25, -0.2) is 18.4 Å². The molecule has 0 fully saturated rings. The predicted octanol–water partition coefficient (Wildman–Crippen LogP) is 3.59. The smallest absolute Gasteiger partial charge is 0.407 e. The van der Waals surface area contributed by atoms with Crippen LogP contribution in [0.25, 0.3) is 6.08 Å².